The summed E-state index contributed by atoms with van der Waals surface area (Å²) in [7, 11) is 0. The van der Waals surface area contributed by atoms with Gasteiger partial charge in [-0.1, -0.05) is 18.2 Å². The number of esters is 1. The van der Waals surface area contributed by atoms with Crippen molar-refractivity contribution in [3.05, 3.63) is 57.6 Å². The molecule has 0 unspecified atom stereocenters. The molecule has 0 saturated heterocycles. The van der Waals surface area contributed by atoms with Gasteiger partial charge in [0.05, 0.1) is 12.3 Å². The first kappa shape index (κ1) is 14.8. The molecule has 0 spiro atoms. The van der Waals surface area contributed by atoms with Gasteiger partial charge in [-0.25, -0.2) is 9.59 Å². The van der Waals surface area contributed by atoms with Gasteiger partial charge < -0.3 is 14.5 Å². The zero-order chi connectivity index (χ0) is 15.4. The highest BCUT2D eigenvalue weighted by atomic mass is 16.5. The number of ether oxygens (including phenoxy) is 1. The van der Waals surface area contributed by atoms with E-state index in [2.05, 4.69) is 5.32 Å². The van der Waals surface area contributed by atoms with Crippen molar-refractivity contribution in [2.24, 2.45) is 0 Å². The summed E-state index contributed by atoms with van der Waals surface area (Å²) in [6.07, 6.45) is 0. The molecule has 0 aliphatic carbocycles. The minimum atomic E-state index is -0.704. The average molecular weight is 287 g/mol. The van der Waals surface area contributed by atoms with Gasteiger partial charge in [0.2, 0.25) is 0 Å². The molecule has 1 N–H and O–H groups in total. The van der Waals surface area contributed by atoms with Gasteiger partial charge in [0.25, 0.3) is 0 Å². The van der Waals surface area contributed by atoms with Gasteiger partial charge in [-0.15, -0.1) is 0 Å². The van der Waals surface area contributed by atoms with E-state index in [1.165, 1.54) is 0 Å². The van der Waals surface area contributed by atoms with Crippen LogP contribution in [0.1, 0.15) is 28.6 Å². The van der Waals surface area contributed by atoms with Crippen LogP contribution in [0.15, 0.2) is 39.5 Å². The Hall–Kier alpha value is -2.56. The quantitative estimate of drug-likeness (QED) is 0.875. The Bertz CT molecular complexity index is 718. The fourth-order valence-corrected chi connectivity index (χ4v) is 1.97. The smallest absolute Gasteiger partial charge is 0.352 e. The van der Waals surface area contributed by atoms with Gasteiger partial charge in [-0.3, -0.25) is 0 Å². The summed E-state index contributed by atoms with van der Waals surface area (Å²) in [5, 5.41) is 3.10. The molecule has 110 valence electrons. The summed E-state index contributed by atoms with van der Waals surface area (Å²) in [6, 6.07) is 9.20. The molecule has 1 aromatic carbocycles. The summed E-state index contributed by atoms with van der Waals surface area (Å²) in [5.74, 6) is -0.272. The van der Waals surface area contributed by atoms with Crippen LogP contribution < -0.4 is 10.9 Å². The van der Waals surface area contributed by atoms with Crippen LogP contribution in [0.3, 0.4) is 0 Å². The van der Waals surface area contributed by atoms with Crippen LogP contribution in [0.25, 0.3) is 0 Å². The topological polar surface area (TPSA) is 68.5 Å². The fraction of sp³-hybridized carbons (Fsp3) is 0.250. The molecule has 2 aromatic rings. The molecule has 2 rings (SSSR count). The molecule has 5 nitrogen and oxygen atoms in total. The van der Waals surface area contributed by atoms with E-state index >= 15 is 0 Å². The van der Waals surface area contributed by atoms with Crippen LogP contribution in [0.2, 0.25) is 0 Å². The molecule has 0 saturated carbocycles. The average Bonchev–Trinajstić information content (AvgIpc) is 2.41. The Morgan fingerprint density at radius 3 is 2.62 bits per heavy atom. The van der Waals surface area contributed by atoms with Crippen molar-refractivity contribution < 1.29 is 13.9 Å². The number of benzene rings is 1. The van der Waals surface area contributed by atoms with Crippen LogP contribution in [0, 0.1) is 13.8 Å². The maximum Gasteiger partial charge on any atom is 0.352 e. The first-order valence-electron chi connectivity index (χ1n) is 6.67. The number of hydrogen-bond donors (Lipinski definition) is 1. The van der Waals surface area contributed by atoms with Crippen LogP contribution in [-0.2, 0) is 4.74 Å². The van der Waals surface area contributed by atoms with Crippen molar-refractivity contribution in [3.8, 4) is 0 Å². The predicted octanol–water partition coefficient (Wildman–Crippen LogP) is 3.18. The van der Waals surface area contributed by atoms with Crippen molar-refractivity contribution in [2.75, 3.05) is 11.9 Å². The van der Waals surface area contributed by atoms with Gasteiger partial charge in [-0.2, -0.15) is 0 Å². The fourth-order valence-electron chi connectivity index (χ4n) is 1.97. The molecular formula is C16H17NO4. The number of hydrogen-bond acceptors (Lipinski definition) is 5. The highest BCUT2D eigenvalue weighted by Gasteiger charge is 2.20. The van der Waals surface area contributed by atoms with E-state index in [0.717, 1.165) is 11.3 Å². The Balaban J connectivity index is 2.49. The zero-order valence-corrected chi connectivity index (χ0v) is 12.2. The number of aryl methyl sites for hydroxylation is 2. The van der Waals surface area contributed by atoms with Crippen LogP contribution >= 0.6 is 0 Å². The molecule has 5 heteroatoms. The Morgan fingerprint density at radius 2 is 1.95 bits per heavy atom. The third-order valence-electron chi connectivity index (χ3n) is 2.97. The zero-order valence-electron chi connectivity index (χ0n) is 12.2. The lowest BCUT2D eigenvalue weighted by atomic mass is 10.1. The standard InChI is InChI=1S/C16H17NO4/c1-4-20-15(18)14-13(9-11(3)21-16(14)19)17-12-8-6-5-7-10(12)2/h5-9,17H,4H2,1-3H3. The van der Waals surface area contributed by atoms with Gasteiger partial charge in [0.15, 0.2) is 5.56 Å². The Morgan fingerprint density at radius 1 is 1.24 bits per heavy atom. The highest BCUT2D eigenvalue weighted by molar-refractivity contribution is 5.96. The van der Waals surface area contributed by atoms with E-state index in [9.17, 15) is 9.59 Å². The minimum absolute atomic E-state index is 0.120. The van der Waals surface area contributed by atoms with Crippen molar-refractivity contribution in [2.45, 2.75) is 20.8 Å². The molecule has 0 aliphatic rings. The molecule has 0 radical (unpaired) electrons. The summed E-state index contributed by atoms with van der Waals surface area (Å²) < 4.78 is 9.91. The molecule has 0 aliphatic heterocycles. The number of carbonyl (C=O) groups excluding carboxylic acids is 1. The van der Waals surface area contributed by atoms with Crippen molar-refractivity contribution >= 4 is 17.3 Å². The SMILES string of the molecule is CCOC(=O)c1c(Nc2ccccc2C)cc(C)oc1=O. The number of anilines is 2. The number of para-hydroxylation sites is 1. The molecule has 0 amide bonds. The number of rotatable bonds is 4. The molecule has 1 aromatic heterocycles. The molecular weight excluding hydrogens is 270 g/mol. The molecule has 0 atom stereocenters. The summed E-state index contributed by atoms with van der Waals surface area (Å²) in [6.45, 7) is 5.46. The van der Waals surface area contributed by atoms with Crippen LogP contribution in [0.4, 0.5) is 11.4 Å². The van der Waals surface area contributed by atoms with E-state index in [1.807, 2.05) is 31.2 Å². The molecule has 21 heavy (non-hydrogen) atoms. The maximum absolute atomic E-state index is 12.0. The largest absolute Gasteiger partial charge is 0.462 e. The Labute approximate surface area is 122 Å². The lowest BCUT2D eigenvalue weighted by molar-refractivity contribution is 0.0522. The van der Waals surface area contributed by atoms with E-state index in [-0.39, 0.29) is 12.2 Å². The van der Waals surface area contributed by atoms with Gasteiger partial charge in [-0.05, 0) is 32.4 Å². The maximum atomic E-state index is 12.0. The van der Waals surface area contributed by atoms with Crippen molar-refractivity contribution in [3.63, 3.8) is 0 Å². The van der Waals surface area contributed by atoms with Gasteiger partial charge in [0, 0.05) is 11.8 Å². The molecule has 0 fully saturated rings. The lowest BCUT2D eigenvalue weighted by Crippen LogP contribution is -2.19. The Kier molecular flexibility index (Phi) is 4.42. The van der Waals surface area contributed by atoms with Gasteiger partial charge in [0.1, 0.15) is 5.76 Å². The van der Waals surface area contributed by atoms with E-state index in [4.69, 9.17) is 9.15 Å². The number of nitrogens with one attached hydrogen (secondary N) is 1. The second-order valence-corrected chi connectivity index (χ2v) is 4.59. The van der Waals surface area contributed by atoms with E-state index < -0.39 is 11.6 Å². The van der Waals surface area contributed by atoms with Gasteiger partial charge >= 0.3 is 11.6 Å². The summed E-state index contributed by atoms with van der Waals surface area (Å²) in [5.41, 5.74) is 1.37. The summed E-state index contributed by atoms with van der Waals surface area (Å²) in [4.78, 5) is 23.9. The second-order valence-electron chi connectivity index (χ2n) is 4.59. The van der Waals surface area contributed by atoms with E-state index in [1.54, 1.807) is 19.9 Å². The van der Waals surface area contributed by atoms with Crippen molar-refractivity contribution in [1.82, 2.24) is 0 Å². The monoisotopic (exact) mass is 287 g/mol. The van der Waals surface area contributed by atoms with E-state index in [0.29, 0.717) is 11.4 Å². The minimum Gasteiger partial charge on any atom is -0.462 e. The number of carbonyl (C=O) groups is 1. The molecule has 0 bridgehead atoms. The molecule has 1 heterocycles. The first-order chi connectivity index (χ1) is 10.0. The lowest BCUT2D eigenvalue weighted by Gasteiger charge is -2.12. The third kappa shape index (κ3) is 3.31. The first-order valence-corrected chi connectivity index (χ1v) is 6.67. The van der Waals surface area contributed by atoms with Crippen LogP contribution in [0.5, 0.6) is 0 Å². The van der Waals surface area contributed by atoms with Crippen LogP contribution in [-0.4, -0.2) is 12.6 Å². The normalized spacial score (nSPS) is 10.2. The highest BCUT2D eigenvalue weighted by Crippen LogP contribution is 2.23. The second kappa shape index (κ2) is 6.26. The third-order valence-corrected chi connectivity index (χ3v) is 2.97. The van der Waals surface area contributed by atoms with Crippen molar-refractivity contribution in [1.29, 1.82) is 0 Å². The predicted molar refractivity (Wildman–Crippen MR) is 80.1 cm³/mol. The summed E-state index contributed by atoms with van der Waals surface area (Å²) >= 11 is 0.